The van der Waals surface area contributed by atoms with Crippen molar-refractivity contribution in [1.29, 1.82) is 0 Å². The van der Waals surface area contributed by atoms with E-state index in [1.807, 2.05) is 12.1 Å². The number of benzene rings is 3. The van der Waals surface area contributed by atoms with Gasteiger partial charge in [0, 0.05) is 42.4 Å². The first kappa shape index (κ1) is 28.1. The molecule has 4 rings (SSSR count). The number of aromatic nitrogens is 1. The van der Waals surface area contributed by atoms with Crippen LogP contribution in [-0.4, -0.2) is 34.2 Å². The van der Waals surface area contributed by atoms with Gasteiger partial charge < -0.3 is 9.47 Å². The molecule has 0 bridgehead atoms. The molecule has 0 unspecified atom stereocenters. The number of pyridine rings is 1. The van der Waals surface area contributed by atoms with E-state index in [9.17, 15) is 12.8 Å². The van der Waals surface area contributed by atoms with Crippen LogP contribution in [0.25, 0.3) is 6.08 Å². The molecule has 0 saturated heterocycles. The molecule has 0 fully saturated rings. The maximum atomic E-state index is 14.9. The Hall–Kier alpha value is -3.88. The molecular formula is C30H28ClFN2O4S. The van der Waals surface area contributed by atoms with Crippen molar-refractivity contribution in [3.05, 3.63) is 119 Å². The van der Waals surface area contributed by atoms with E-state index < -0.39 is 15.8 Å². The SMILES string of the molecule is C=Cc1cccc(F)c1Cc1cc(Cl)ccc1N(CCc1ccccn1)S(=O)(=O)c1ccc(OC)c(OC)c1. The Kier molecular flexibility index (Phi) is 8.89. The summed E-state index contributed by atoms with van der Waals surface area (Å²) in [5.74, 6) is 0.267. The summed E-state index contributed by atoms with van der Waals surface area (Å²) in [6.45, 7) is 3.87. The molecule has 0 radical (unpaired) electrons. The van der Waals surface area contributed by atoms with Crippen molar-refractivity contribution in [3.8, 4) is 11.5 Å². The van der Waals surface area contributed by atoms with E-state index in [4.69, 9.17) is 21.1 Å². The van der Waals surface area contributed by atoms with Crippen LogP contribution < -0.4 is 13.8 Å². The van der Waals surface area contributed by atoms with Crippen LogP contribution in [0.15, 0.2) is 90.5 Å². The van der Waals surface area contributed by atoms with Crippen LogP contribution in [-0.2, 0) is 22.9 Å². The molecule has 3 aromatic carbocycles. The predicted octanol–water partition coefficient (Wildman–Crippen LogP) is 6.56. The number of ether oxygens (including phenoxy) is 2. The molecule has 0 aliphatic carbocycles. The molecular weight excluding hydrogens is 539 g/mol. The minimum Gasteiger partial charge on any atom is -0.493 e. The van der Waals surface area contributed by atoms with Crippen molar-refractivity contribution in [1.82, 2.24) is 4.98 Å². The predicted molar refractivity (Wildman–Crippen MR) is 153 cm³/mol. The molecule has 0 aliphatic heterocycles. The molecule has 4 aromatic rings. The van der Waals surface area contributed by atoms with Crippen molar-refractivity contribution >= 4 is 33.4 Å². The first-order valence-corrected chi connectivity index (χ1v) is 13.9. The normalized spacial score (nSPS) is 11.2. The summed E-state index contributed by atoms with van der Waals surface area (Å²) in [5, 5.41) is 0.401. The van der Waals surface area contributed by atoms with Gasteiger partial charge in [-0.15, -0.1) is 0 Å². The van der Waals surface area contributed by atoms with Gasteiger partial charge in [0.05, 0.1) is 24.8 Å². The monoisotopic (exact) mass is 566 g/mol. The summed E-state index contributed by atoms with van der Waals surface area (Å²) in [6, 6.07) is 19.6. The van der Waals surface area contributed by atoms with Gasteiger partial charge in [0.1, 0.15) is 5.82 Å². The second-order valence-electron chi connectivity index (χ2n) is 8.63. The van der Waals surface area contributed by atoms with E-state index in [1.165, 1.54) is 36.7 Å². The highest BCUT2D eigenvalue weighted by molar-refractivity contribution is 7.92. The average molecular weight is 567 g/mol. The van der Waals surface area contributed by atoms with Crippen LogP contribution in [0.5, 0.6) is 11.5 Å². The number of halogens is 2. The van der Waals surface area contributed by atoms with Gasteiger partial charge in [0.15, 0.2) is 11.5 Å². The van der Waals surface area contributed by atoms with Crippen LogP contribution in [0.4, 0.5) is 10.1 Å². The number of nitrogens with zero attached hydrogens (tertiary/aromatic N) is 2. The summed E-state index contributed by atoms with van der Waals surface area (Å²) in [4.78, 5) is 4.36. The van der Waals surface area contributed by atoms with Gasteiger partial charge in [-0.1, -0.05) is 42.5 Å². The van der Waals surface area contributed by atoms with Crippen molar-refractivity contribution in [2.45, 2.75) is 17.7 Å². The highest BCUT2D eigenvalue weighted by atomic mass is 35.5. The fourth-order valence-corrected chi connectivity index (χ4v) is 6.03. The molecule has 1 aromatic heterocycles. The lowest BCUT2D eigenvalue weighted by molar-refractivity contribution is 0.354. The zero-order valence-corrected chi connectivity index (χ0v) is 23.2. The van der Waals surface area contributed by atoms with Gasteiger partial charge >= 0.3 is 0 Å². The fourth-order valence-electron chi connectivity index (χ4n) is 4.32. The Morgan fingerprint density at radius 2 is 1.79 bits per heavy atom. The number of rotatable bonds is 11. The van der Waals surface area contributed by atoms with Crippen LogP contribution in [0.3, 0.4) is 0 Å². The number of sulfonamides is 1. The smallest absolute Gasteiger partial charge is 0.264 e. The Labute approximate surface area is 233 Å². The van der Waals surface area contributed by atoms with Gasteiger partial charge in [0.25, 0.3) is 10.0 Å². The van der Waals surface area contributed by atoms with Crippen LogP contribution in [0.2, 0.25) is 5.02 Å². The minimum atomic E-state index is -4.12. The second kappa shape index (κ2) is 12.3. The third-order valence-corrected chi connectivity index (χ3v) is 8.34. The highest BCUT2D eigenvalue weighted by Gasteiger charge is 2.28. The first-order valence-electron chi connectivity index (χ1n) is 12.1. The zero-order chi connectivity index (χ0) is 28.0. The molecule has 6 nitrogen and oxygen atoms in total. The molecule has 9 heteroatoms. The largest absolute Gasteiger partial charge is 0.493 e. The maximum Gasteiger partial charge on any atom is 0.264 e. The molecule has 0 spiro atoms. The van der Waals surface area contributed by atoms with Crippen molar-refractivity contribution in [2.24, 2.45) is 0 Å². The third kappa shape index (κ3) is 6.24. The first-order chi connectivity index (χ1) is 18.8. The molecule has 0 aliphatic rings. The van der Waals surface area contributed by atoms with E-state index in [2.05, 4.69) is 11.6 Å². The lowest BCUT2D eigenvalue weighted by atomic mass is 9.98. The quantitative estimate of drug-likeness (QED) is 0.205. The van der Waals surface area contributed by atoms with Gasteiger partial charge in [-0.05, 0) is 65.2 Å². The molecule has 0 amide bonds. The second-order valence-corrected chi connectivity index (χ2v) is 10.9. The highest BCUT2D eigenvalue weighted by Crippen LogP contribution is 2.35. The summed E-state index contributed by atoms with van der Waals surface area (Å²) in [7, 11) is -1.20. The van der Waals surface area contributed by atoms with E-state index in [1.54, 1.807) is 54.7 Å². The van der Waals surface area contributed by atoms with Crippen molar-refractivity contribution in [3.63, 3.8) is 0 Å². The number of anilines is 1. The third-order valence-electron chi connectivity index (χ3n) is 6.29. The lowest BCUT2D eigenvalue weighted by Crippen LogP contribution is -2.34. The summed E-state index contributed by atoms with van der Waals surface area (Å²) < 4.78 is 55.3. The molecule has 0 saturated carbocycles. The number of hydrogen-bond donors (Lipinski definition) is 0. The average Bonchev–Trinajstić information content (AvgIpc) is 2.95. The number of hydrogen-bond acceptors (Lipinski definition) is 5. The van der Waals surface area contributed by atoms with E-state index >= 15 is 0 Å². The minimum absolute atomic E-state index is 0.0137. The van der Waals surface area contributed by atoms with Crippen LogP contribution in [0.1, 0.15) is 22.4 Å². The van der Waals surface area contributed by atoms with E-state index in [-0.39, 0.29) is 23.6 Å². The molecule has 0 atom stereocenters. The van der Waals surface area contributed by atoms with Gasteiger partial charge in [-0.3, -0.25) is 9.29 Å². The fraction of sp³-hybridized carbons (Fsp3) is 0.167. The Morgan fingerprint density at radius 1 is 1.00 bits per heavy atom. The van der Waals surface area contributed by atoms with Crippen LogP contribution >= 0.6 is 11.6 Å². The molecule has 39 heavy (non-hydrogen) atoms. The lowest BCUT2D eigenvalue weighted by Gasteiger charge is -2.27. The zero-order valence-electron chi connectivity index (χ0n) is 21.6. The standard InChI is InChI=1S/C30H28ClFN2O4S/c1-4-21-8-7-10-27(32)26(21)19-22-18-23(31)11-13-28(22)34(17-15-24-9-5-6-16-33-24)39(35,36)25-12-14-29(37-2)30(20-25)38-3/h4-14,16,18,20H,1,15,17,19H2,2-3H3. The van der Waals surface area contributed by atoms with Gasteiger partial charge in [-0.25, -0.2) is 12.8 Å². The summed E-state index contributed by atoms with van der Waals surface area (Å²) >= 11 is 6.36. The summed E-state index contributed by atoms with van der Waals surface area (Å²) in [6.07, 6.45) is 3.67. The van der Waals surface area contributed by atoms with Crippen molar-refractivity contribution < 1.29 is 22.3 Å². The summed E-state index contributed by atoms with van der Waals surface area (Å²) in [5.41, 5.74) is 2.65. The van der Waals surface area contributed by atoms with Crippen molar-refractivity contribution in [2.75, 3.05) is 25.1 Å². The molecule has 202 valence electrons. The maximum absolute atomic E-state index is 14.9. The Bertz CT molecular complexity index is 1580. The molecule has 0 N–H and O–H groups in total. The number of methoxy groups -OCH3 is 2. The topological polar surface area (TPSA) is 68.7 Å². The van der Waals surface area contributed by atoms with E-state index in [0.717, 1.165) is 5.69 Å². The molecule has 1 heterocycles. The van der Waals surface area contributed by atoms with E-state index in [0.29, 0.717) is 39.6 Å². The Morgan fingerprint density at radius 3 is 2.49 bits per heavy atom. The van der Waals surface area contributed by atoms with Crippen LogP contribution in [0, 0.1) is 5.82 Å². The van der Waals surface area contributed by atoms with Gasteiger partial charge in [0.2, 0.25) is 0 Å². The Balaban J connectivity index is 1.85. The van der Waals surface area contributed by atoms with Gasteiger partial charge in [-0.2, -0.15) is 0 Å².